The van der Waals surface area contributed by atoms with Crippen LogP contribution < -0.4 is 5.32 Å². The van der Waals surface area contributed by atoms with Gasteiger partial charge in [-0.25, -0.2) is 4.98 Å². The summed E-state index contributed by atoms with van der Waals surface area (Å²) < 4.78 is 2.07. The summed E-state index contributed by atoms with van der Waals surface area (Å²) in [6.07, 6.45) is 0.894. The molecule has 1 aromatic heterocycles. The second-order valence-corrected chi connectivity index (χ2v) is 4.10. The van der Waals surface area contributed by atoms with Crippen LogP contribution in [0.15, 0.2) is 18.2 Å². The molecule has 0 aliphatic heterocycles. The molecule has 0 fully saturated rings. The van der Waals surface area contributed by atoms with Gasteiger partial charge in [-0.15, -0.1) is 0 Å². The maximum atomic E-state index is 11.8. The van der Waals surface area contributed by atoms with Crippen molar-refractivity contribution >= 4 is 16.8 Å². The number of imidazole rings is 1. The smallest absolute Gasteiger partial charge is 0.176 e. The van der Waals surface area contributed by atoms with Crippen LogP contribution >= 0.6 is 0 Å². The van der Waals surface area contributed by atoms with Crippen LogP contribution in [0.3, 0.4) is 0 Å². The van der Waals surface area contributed by atoms with Crippen LogP contribution in [0, 0.1) is 0 Å². The SMILES string of the molecule is CCc1nc2cc(C(=O)CNC)ccc2n1C. The number of benzene rings is 1. The average molecular weight is 231 g/mol. The van der Waals surface area contributed by atoms with Crippen LogP contribution in [0.25, 0.3) is 11.0 Å². The molecule has 1 heterocycles. The van der Waals surface area contributed by atoms with Gasteiger partial charge in [0, 0.05) is 19.0 Å². The summed E-state index contributed by atoms with van der Waals surface area (Å²) in [5.41, 5.74) is 2.68. The summed E-state index contributed by atoms with van der Waals surface area (Å²) in [4.78, 5) is 16.3. The van der Waals surface area contributed by atoms with E-state index in [4.69, 9.17) is 0 Å². The van der Waals surface area contributed by atoms with Crippen LogP contribution in [0.4, 0.5) is 0 Å². The van der Waals surface area contributed by atoms with Gasteiger partial charge in [-0.1, -0.05) is 6.92 Å². The second kappa shape index (κ2) is 4.67. The first-order valence-electron chi connectivity index (χ1n) is 5.80. The quantitative estimate of drug-likeness (QED) is 0.812. The molecule has 0 radical (unpaired) electrons. The first kappa shape index (κ1) is 11.8. The summed E-state index contributed by atoms with van der Waals surface area (Å²) in [5, 5.41) is 2.87. The third kappa shape index (κ3) is 2.08. The van der Waals surface area contributed by atoms with Gasteiger partial charge in [-0.05, 0) is 25.2 Å². The Hall–Kier alpha value is -1.68. The first-order chi connectivity index (χ1) is 8.17. The molecule has 2 rings (SSSR count). The molecule has 2 aromatic rings. The first-order valence-corrected chi connectivity index (χ1v) is 5.80. The van der Waals surface area contributed by atoms with Crippen LogP contribution in [-0.2, 0) is 13.5 Å². The fourth-order valence-electron chi connectivity index (χ4n) is 2.00. The monoisotopic (exact) mass is 231 g/mol. The molecule has 0 unspecified atom stereocenters. The minimum absolute atomic E-state index is 0.0955. The number of Topliss-reactive ketones (excluding diaryl/α,β-unsaturated/α-hetero) is 1. The van der Waals surface area contributed by atoms with E-state index in [0.29, 0.717) is 12.1 Å². The molecular weight excluding hydrogens is 214 g/mol. The third-order valence-electron chi connectivity index (χ3n) is 2.95. The zero-order chi connectivity index (χ0) is 12.4. The summed E-state index contributed by atoms with van der Waals surface area (Å²) in [5.74, 6) is 1.14. The summed E-state index contributed by atoms with van der Waals surface area (Å²) in [6, 6.07) is 5.70. The molecule has 0 atom stereocenters. The second-order valence-electron chi connectivity index (χ2n) is 4.10. The molecule has 0 aliphatic rings. The Morgan fingerprint density at radius 2 is 2.24 bits per heavy atom. The highest BCUT2D eigenvalue weighted by Gasteiger charge is 2.10. The van der Waals surface area contributed by atoms with E-state index < -0.39 is 0 Å². The predicted octanol–water partition coefficient (Wildman–Crippen LogP) is 1.54. The third-order valence-corrected chi connectivity index (χ3v) is 2.95. The van der Waals surface area contributed by atoms with Crippen molar-refractivity contribution in [3.05, 3.63) is 29.6 Å². The van der Waals surface area contributed by atoms with E-state index in [0.717, 1.165) is 23.3 Å². The largest absolute Gasteiger partial charge is 0.331 e. The van der Waals surface area contributed by atoms with Crippen molar-refractivity contribution in [1.29, 1.82) is 0 Å². The molecule has 4 nitrogen and oxygen atoms in total. The van der Waals surface area contributed by atoms with Gasteiger partial charge in [0.2, 0.25) is 0 Å². The van der Waals surface area contributed by atoms with E-state index in [9.17, 15) is 4.79 Å². The predicted molar refractivity (Wildman–Crippen MR) is 68.3 cm³/mol. The highest BCUT2D eigenvalue weighted by Crippen LogP contribution is 2.17. The maximum Gasteiger partial charge on any atom is 0.176 e. The number of likely N-dealkylation sites (N-methyl/N-ethyl adjacent to an activating group) is 1. The van der Waals surface area contributed by atoms with Crippen molar-refractivity contribution in [1.82, 2.24) is 14.9 Å². The number of rotatable bonds is 4. The Balaban J connectivity index is 2.47. The fourth-order valence-corrected chi connectivity index (χ4v) is 2.00. The highest BCUT2D eigenvalue weighted by molar-refractivity contribution is 6.00. The number of ketones is 1. The molecule has 1 aromatic carbocycles. The molecule has 90 valence electrons. The number of nitrogens with zero attached hydrogens (tertiary/aromatic N) is 2. The van der Waals surface area contributed by atoms with Gasteiger partial charge in [0.05, 0.1) is 17.6 Å². The van der Waals surface area contributed by atoms with Gasteiger partial charge >= 0.3 is 0 Å². The van der Waals surface area contributed by atoms with Crippen LogP contribution in [0.5, 0.6) is 0 Å². The van der Waals surface area contributed by atoms with Crippen LogP contribution in [0.2, 0.25) is 0 Å². The van der Waals surface area contributed by atoms with Gasteiger partial charge in [0.1, 0.15) is 5.82 Å². The molecule has 1 N–H and O–H groups in total. The van der Waals surface area contributed by atoms with Gasteiger partial charge in [0.15, 0.2) is 5.78 Å². The molecule has 0 amide bonds. The van der Waals surface area contributed by atoms with Crippen molar-refractivity contribution < 1.29 is 4.79 Å². The lowest BCUT2D eigenvalue weighted by Crippen LogP contribution is -2.18. The van der Waals surface area contributed by atoms with Crippen molar-refractivity contribution in [2.45, 2.75) is 13.3 Å². The minimum atomic E-state index is 0.0955. The number of carbonyl (C=O) groups excluding carboxylic acids is 1. The number of carbonyl (C=O) groups is 1. The van der Waals surface area contributed by atoms with E-state index in [1.54, 1.807) is 7.05 Å². The number of hydrogen-bond acceptors (Lipinski definition) is 3. The Labute approximate surface area is 101 Å². The fraction of sp³-hybridized carbons (Fsp3) is 0.385. The number of nitrogens with one attached hydrogen (secondary N) is 1. The average Bonchev–Trinajstić information content (AvgIpc) is 2.66. The molecule has 0 saturated heterocycles. The molecule has 0 spiro atoms. The van der Waals surface area contributed by atoms with Gasteiger partial charge in [0.25, 0.3) is 0 Å². The Morgan fingerprint density at radius 3 is 2.88 bits per heavy atom. The van der Waals surface area contributed by atoms with Gasteiger partial charge in [-0.3, -0.25) is 4.79 Å². The lowest BCUT2D eigenvalue weighted by Gasteiger charge is -2.01. The minimum Gasteiger partial charge on any atom is -0.331 e. The van der Waals surface area contributed by atoms with Crippen LogP contribution in [0.1, 0.15) is 23.1 Å². The lowest BCUT2D eigenvalue weighted by atomic mass is 10.1. The Morgan fingerprint density at radius 1 is 1.47 bits per heavy atom. The molecule has 0 aliphatic carbocycles. The maximum absolute atomic E-state index is 11.8. The zero-order valence-electron chi connectivity index (χ0n) is 10.4. The molecule has 0 saturated carbocycles. The van der Waals surface area contributed by atoms with Crippen molar-refractivity contribution in [2.75, 3.05) is 13.6 Å². The normalized spacial score (nSPS) is 11.0. The molecule has 17 heavy (non-hydrogen) atoms. The summed E-state index contributed by atoms with van der Waals surface area (Å²) in [7, 11) is 3.77. The Kier molecular flexibility index (Phi) is 3.24. The highest BCUT2D eigenvalue weighted by atomic mass is 16.1. The van der Waals surface area contributed by atoms with Crippen LogP contribution in [-0.4, -0.2) is 28.9 Å². The summed E-state index contributed by atoms with van der Waals surface area (Å²) in [6.45, 7) is 2.44. The number of hydrogen-bond donors (Lipinski definition) is 1. The number of aromatic nitrogens is 2. The lowest BCUT2D eigenvalue weighted by molar-refractivity contribution is 0.0993. The zero-order valence-corrected chi connectivity index (χ0v) is 10.4. The van der Waals surface area contributed by atoms with E-state index in [1.807, 2.05) is 25.2 Å². The van der Waals surface area contributed by atoms with Crippen molar-refractivity contribution in [3.8, 4) is 0 Å². The standard InChI is InChI=1S/C13H17N3O/c1-4-13-15-10-7-9(12(17)8-14-2)5-6-11(10)16(13)3/h5-7,14H,4,8H2,1-3H3. The van der Waals surface area contributed by atoms with Gasteiger partial charge < -0.3 is 9.88 Å². The molecule has 0 bridgehead atoms. The van der Waals surface area contributed by atoms with E-state index in [-0.39, 0.29) is 5.78 Å². The van der Waals surface area contributed by atoms with Crippen molar-refractivity contribution in [3.63, 3.8) is 0 Å². The van der Waals surface area contributed by atoms with Gasteiger partial charge in [-0.2, -0.15) is 0 Å². The molecular formula is C13H17N3O. The van der Waals surface area contributed by atoms with E-state index >= 15 is 0 Å². The van der Waals surface area contributed by atoms with E-state index in [2.05, 4.69) is 21.8 Å². The topological polar surface area (TPSA) is 46.9 Å². The summed E-state index contributed by atoms with van der Waals surface area (Å²) >= 11 is 0. The number of aryl methyl sites for hydroxylation is 2. The van der Waals surface area contributed by atoms with Crippen molar-refractivity contribution in [2.24, 2.45) is 7.05 Å². The van der Waals surface area contributed by atoms with E-state index in [1.165, 1.54) is 0 Å². The number of fused-ring (bicyclic) bond motifs is 1. The molecule has 4 heteroatoms. The Bertz CT molecular complexity index is 557.